The predicted octanol–water partition coefficient (Wildman–Crippen LogP) is -3.22. The molecule has 0 saturated carbocycles. The van der Waals surface area contributed by atoms with Gasteiger partial charge in [0.2, 0.25) is 0 Å². The summed E-state index contributed by atoms with van der Waals surface area (Å²) in [5.41, 5.74) is 0. The lowest BCUT2D eigenvalue weighted by atomic mass is 10.2. The van der Waals surface area contributed by atoms with Crippen molar-refractivity contribution in [3.63, 3.8) is 0 Å². The molecule has 1 saturated heterocycles. The number of carboxylic acid groups (broad SMARTS) is 2. The number of aliphatic carboxylic acids is 2. The SMILES string of the molecule is CC1CN(C)C(C)CN1.O=C([O-])C(=O)[O-]. The highest BCUT2D eigenvalue weighted by Gasteiger charge is 2.17. The number of nitrogens with zero attached hydrogens (tertiary/aromatic N) is 1. The normalized spacial score (nSPS) is 26.3. The van der Waals surface area contributed by atoms with Crippen LogP contribution >= 0.6 is 0 Å². The molecular weight excluding hydrogens is 200 g/mol. The van der Waals surface area contributed by atoms with Crippen LogP contribution in [0.2, 0.25) is 0 Å². The molecule has 1 aliphatic heterocycles. The third-order valence-electron chi connectivity index (χ3n) is 2.24. The lowest BCUT2D eigenvalue weighted by Gasteiger charge is -2.34. The van der Waals surface area contributed by atoms with E-state index in [9.17, 15) is 0 Å². The molecule has 88 valence electrons. The first-order valence-corrected chi connectivity index (χ1v) is 4.70. The van der Waals surface area contributed by atoms with Crippen molar-refractivity contribution in [1.82, 2.24) is 10.2 Å². The molecule has 1 rings (SSSR count). The molecule has 15 heavy (non-hydrogen) atoms. The van der Waals surface area contributed by atoms with Crippen molar-refractivity contribution >= 4 is 11.9 Å². The van der Waals surface area contributed by atoms with Crippen LogP contribution in [-0.4, -0.2) is 49.1 Å². The Hall–Kier alpha value is -1.14. The highest BCUT2D eigenvalue weighted by molar-refractivity contribution is 6.25. The van der Waals surface area contributed by atoms with E-state index in [1.54, 1.807) is 0 Å². The zero-order valence-corrected chi connectivity index (χ0v) is 9.15. The molecule has 0 aromatic rings. The van der Waals surface area contributed by atoms with Crippen molar-refractivity contribution in [2.24, 2.45) is 0 Å². The zero-order chi connectivity index (χ0) is 12.0. The molecule has 0 aromatic heterocycles. The summed E-state index contributed by atoms with van der Waals surface area (Å²) >= 11 is 0. The average molecular weight is 216 g/mol. The molecule has 1 aliphatic rings. The van der Waals surface area contributed by atoms with Crippen molar-refractivity contribution in [3.05, 3.63) is 0 Å². The Balaban J connectivity index is 0.000000288. The molecule has 0 radical (unpaired) electrons. The second-order valence-corrected chi connectivity index (χ2v) is 3.67. The van der Waals surface area contributed by atoms with Crippen LogP contribution in [-0.2, 0) is 9.59 Å². The molecule has 1 N–H and O–H groups in total. The Labute approximate surface area is 88.9 Å². The summed E-state index contributed by atoms with van der Waals surface area (Å²) in [4.78, 5) is 20.2. The van der Waals surface area contributed by atoms with Crippen LogP contribution in [0.3, 0.4) is 0 Å². The fourth-order valence-corrected chi connectivity index (χ4v) is 1.20. The molecule has 6 heteroatoms. The maximum absolute atomic E-state index is 8.93. The molecule has 2 atom stereocenters. The number of carbonyl (C=O) groups is 2. The number of nitrogens with one attached hydrogen (secondary N) is 1. The summed E-state index contributed by atoms with van der Waals surface area (Å²) in [5, 5.41) is 21.3. The van der Waals surface area contributed by atoms with Gasteiger partial charge in [0.15, 0.2) is 0 Å². The van der Waals surface area contributed by atoms with E-state index in [1.807, 2.05) is 0 Å². The molecular formula is C9H16N2O4-2. The number of hydrogen-bond acceptors (Lipinski definition) is 6. The van der Waals surface area contributed by atoms with Crippen LogP contribution in [0.5, 0.6) is 0 Å². The minimum Gasteiger partial charge on any atom is -0.543 e. The largest absolute Gasteiger partial charge is 0.543 e. The van der Waals surface area contributed by atoms with Gasteiger partial charge in [-0.1, -0.05) is 0 Å². The van der Waals surface area contributed by atoms with Crippen LogP contribution in [0.4, 0.5) is 0 Å². The maximum atomic E-state index is 8.93. The van der Waals surface area contributed by atoms with Crippen molar-refractivity contribution in [2.75, 3.05) is 20.1 Å². The topological polar surface area (TPSA) is 95.5 Å². The van der Waals surface area contributed by atoms with Gasteiger partial charge in [-0.25, -0.2) is 0 Å². The van der Waals surface area contributed by atoms with Gasteiger partial charge in [0.25, 0.3) is 0 Å². The monoisotopic (exact) mass is 216 g/mol. The first-order chi connectivity index (χ1) is 6.84. The van der Waals surface area contributed by atoms with E-state index in [1.165, 1.54) is 6.54 Å². The first kappa shape index (κ1) is 13.9. The fraction of sp³-hybridized carbons (Fsp3) is 0.778. The van der Waals surface area contributed by atoms with Gasteiger partial charge < -0.3 is 30.0 Å². The minimum atomic E-state index is -2.19. The third-order valence-corrected chi connectivity index (χ3v) is 2.24. The summed E-state index contributed by atoms with van der Waals surface area (Å²) in [5.74, 6) is -4.37. The maximum Gasteiger partial charge on any atom is 0.0870 e. The molecule has 1 fully saturated rings. The van der Waals surface area contributed by atoms with Gasteiger partial charge in [0, 0.05) is 25.2 Å². The van der Waals surface area contributed by atoms with Gasteiger partial charge in [-0.2, -0.15) is 0 Å². The Kier molecular flexibility index (Phi) is 5.88. The van der Waals surface area contributed by atoms with Crippen molar-refractivity contribution in [1.29, 1.82) is 0 Å². The molecule has 2 unspecified atom stereocenters. The quantitative estimate of drug-likeness (QED) is 0.428. The summed E-state index contributed by atoms with van der Waals surface area (Å²) in [7, 11) is 2.18. The Morgan fingerprint density at radius 3 is 2.00 bits per heavy atom. The minimum absolute atomic E-state index is 0.672. The van der Waals surface area contributed by atoms with Gasteiger partial charge in [0.05, 0.1) is 11.9 Å². The molecule has 1 heterocycles. The van der Waals surface area contributed by atoms with Gasteiger partial charge in [-0.05, 0) is 20.9 Å². The summed E-state index contributed by atoms with van der Waals surface area (Å²) in [6.07, 6.45) is 0. The van der Waals surface area contributed by atoms with E-state index in [2.05, 4.69) is 31.1 Å². The lowest BCUT2D eigenvalue weighted by molar-refractivity contribution is -0.345. The third kappa shape index (κ3) is 6.03. The Bertz CT molecular complexity index is 220. The van der Waals surface area contributed by atoms with Crippen LogP contribution in [0.15, 0.2) is 0 Å². The molecule has 6 nitrogen and oxygen atoms in total. The highest BCUT2D eigenvalue weighted by Crippen LogP contribution is 2.01. The number of carboxylic acids is 2. The van der Waals surface area contributed by atoms with E-state index in [-0.39, 0.29) is 0 Å². The Morgan fingerprint density at radius 2 is 1.73 bits per heavy atom. The van der Waals surface area contributed by atoms with Crippen molar-refractivity contribution in [3.8, 4) is 0 Å². The van der Waals surface area contributed by atoms with Gasteiger partial charge in [-0.3, -0.25) is 0 Å². The van der Waals surface area contributed by atoms with Crippen LogP contribution < -0.4 is 15.5 Å². The number of hydrogen-bond donors (Lipinski definition) is 1. The molecule has 0 aromatic carbocycles. The smallest absolute Gasteiger partial charge is 0.0870 e. The van der Waals surface area contributed by atoms with E-state index in [0.29, 0.717) is 12.1 Å². The van der Waals surface area contributed by atoms with E-state index in [0.717, 1.165) is 6.54 Å². The molecule has 0 amide bonds. The predicted molar refractivity (Wildman–Crippen MR) is 49.6 cm³/mol. The highest BCUT2D eigenvalue weighted by atomic mass is 16.4. The molecule has 0 spiro atoms. The lowest BCUT2D eigenvalue weighted by Crippen LogP contribution is -2.52. The van der Waals surface area contributed by atoms with Crippen LogP contribution in [0, 0.1) is 0 Å². The number of likely N-dealkylation sites (N-methyl/N-ethyl adjacent to an activating group) is 1. The fourth-order valence-electron chi connectivity index (χ4n) is 1.20. The average Bonchev–Trinajstić information content (AvgIpc) is 2.13. The van der Waals surface area contributed by atoms with Crippen molar-refractivity contribution in [2.45, 2.75) is 25.9 Å². The second kappa shape index (κ2) is 6.36. The van der Waals surface area contributed by atoms with Crippen LogP contribution in [0.25, 0.3) is 0 Å². The van der Waals surface area contributed by atoms with Crippen molar-refractivity contribution < 1.29 is 19.8 Å². The van der Waals surface area contributed by atoms with Crippen LogP contribution in [0.1, 0.15) is 13.8 Å². The van der Waals surface area contributed by atoms with Gasteiger partial charge in [0.1, 0.15) is 0 Å². The first-order valence-electron chi connectivity index (χ1n) is 4.70. The zero-order valence-electron chi connectivity index (χ0n) is 9.15. The number of carbonyl (C=O) groups excluding carboxylic acids is 2. The summed E-state index contributed by atoms with van der Waals surface area (Å²) < 4.78 is 0. The number of piperazine rings is 1. The molecule has 0 bridgehead atoms. The second-order valence-electron chi connectivity index (χ2n) is 3.67. The summed E-state index contributed by atoms with van der Waals surface area (Å²) in [6.45, 7) is 6.79. The van der Waals surface area contributed by atoms with Gasteiger partial charge in [-0.15, -0.1) is 0 Å². The Morgan fingerprint density at radius 1 is 1.27 bits per heavy atom. The van der Waals surface area contributed by atoms with E-state index >= 15 is 0 Å². The number of rotatable bonds is 0. The molecule has 0 aliphatic carbocycles. The standard InChI is InChI=1S/C7H16N2.C2H2O4/c1-6-5-9(3)7(2)4-8-6;3-1(4)2(5)6/h6-8H,4-5H2,1-3H3;(H,3,4)(H,5,6)/p-2. The van der Waals surface area contributed by atoms with Gasteiger partial charge >= 0.3 is 0 Å². The summed E-state index contributed by atoms with van der Waals surface area (Å²) in [6, 6.07) is 1.38. The van der Waals surface area contributed by atoms with E-state index in [4.69, 9.17) is 19.8 Å². The van der Waals surface area contributed by atoms with E-state index < -0.39 is 11.9 Å².